The van der Waals surface area contributed by atoms with Crippen LogP contribution in [0.2, 0.25) is 0 Å². The van der Waals surface area contributed by atoms with Crippen LogP contribution in [0, 0.1) is 0 Å². The van der Waals surface area contributed by atoms with Gasteiger partial charge in [0, 0.05) is 18.2 Å². The van der Waals surface area contributed by atoms with E-state index in [9.17, 15) is 5.11 Å². The van der Waals surface area contributed by atoms with E-state index in [1.54, 1.807) is 0 Å². The predicted octanol–water partition coefficient (Wildman–Crippen LogP) is 3.56. The van der Waals surface area contributed by atoms with E-state index in [1.165, 1.54) is 0 Å². The summed E-state index contributed by atoms with van der Waals surface area (Å²) in [6, 6.07) is 8.52. The summed E-state index contributed by atoms with van der Waals surface area (Å²) >= 11 is 0. The van der Waals surface area contributed by atoms with Gasteiger partial charge in [-0.1, -0.05) is 25.1 Å². The molecule has 0 bridgehead atoms. The fourth-order valence-electron chi connectivity index (χ4n) is 3.11. The summed E-state index contributed by atoms with van der Waals surface area (Å²) in [5.41, 5.74) is 0.206. The number of hydrogen-bond donors (Lipinski definition) is 1. The average molecular weight is 291 g/mol. The molecule has 1 unspecified atom stereocenters. The van der Waals surface area contributed by atoms with Crippen LogP contribution in [0.4, 0.5) is 0 Å². The Labute approximate surface area is 128 Å². The van der Waals surface area contributed by atoms with Crippen LogP contribution in [0.25, 0.3) is 0 Å². The number of likely N-dealkylation sites (tertiary alicyclic amines) is 1. The van der Waals surface area contributed by atoms with E-state index >= 15 is 0 Å². The van der Waals surface area contributed by atoms with Crippen molar-refractivity contribution in [2.24, 2.45) is 0 Å². The molecule has 0 spiro atoms. The second-order valence-corrected chi connectivity index (χ2v) is 6.36. The van der Waals surface area contributed by atoms with Crippen molar-refractivity contribution in [1.29, 1.82) is 0 Å². The first-order valence-corrected chi connectivity index (χ1v) is 8.25. The molecule has 1 saturated heterocycles. The Bertz CT molecular complexity index is 447. The molecule has 2 rings (SSSR count). The highest BCUT2D eigenvalue weighted by Crippen LogP contribution is 2.38. The molecule has 1 atom stereocenters. The van der Waals surface area contributed by atoms with Crippen molar-refractivity contribution in [1.82, 2.24) is 4.90 Å². The number of hydrogen-bond acceptors (Lipinski definition) is 3. The summed E-state index contributed by atoms with van der Waals surface area (Å²) in [4.78, 5) is 2.45. The van der Waals surface area contributed by atoms with Crippen LogP contribution in [0.5, 0.6) is 5.75 Å². The Morgan fingerprint density at radius 2 is 2.00 bits per heavy atom. The van der Waals surface area contributed by atoms with Crippen LogP contribution < -0.4 is 4.74 Å². The molecule has 1 heterocycles. The van der Waals surface area contributed by atoms with Gasteiger partial charge in [0.1, 0.15) is 5.75 Å². The lowest BCUT2D eigenvalue weighted by Crippen LogP contribution is -2.33. The molecule has 0 saturated carbocycles. The largest absolute Gasteiger partial charge is 0.493 e. The lowest BCUT2D eigenvalue weighted by atomic mass is 9.86. The molecule has 118 valence electrons. The zero-order valence-electron chi connectivity index (χ0n) is 13.6. The van der Waals surface area contributed by atoms with Crippen LogP contribution >= 0.6 is 0 Å². The number of rotatable bonds is 5. The molecule has 0 aromatic heterocycles. The van der Waals surface area contributed by atoms with Gasteiger partial charge >= 0.3 is 0 Å². The molecule has 1 N–H and O–H groups in total. The first kappa shape index (κ1) is 16.3. The molecule has 1 fully saturated rings. The van der Waals surface area contributed by atoms with Gasteiger partial charge in [0.15, 0.2) is 0 Å². The highest BCUT2D eigenvalue weighted by Gasteiger charge is 2.34. The minimum absolute atomic E-state index is 0.541. The summed E-state index contributed by atoms with van der Waals surface area (Å²) in [6.45, 7) is 9.26. The van der Waals surface area contributed by atoms with Crippen molar-refractivity contribution in [3.8, 4) is 5.75 Å². The van der Waals surface area contributed by atoms with Gasteiger partial charge in [0.25, 0.3) is 0 Å². The lowest BCUT2D eigenvalue weighted by Gasteiger charge is -2.30. The smallest absolute Gasteiger partial charge is 0.125 e. The fraction of sp³-hybridized carbons (Fsp3) is 0.667. The van der Waals surface area contributed by atoms with Crippen LogP contribution in [-0.2, 0) is 5.60 Å². The molecule has 1 aromatic carbocycles. The molecular weight excluding hydrogens is 262 g/mol. The van der Waals surface area contributed by atoms with Gasteiger partial charge in [0.05, 0.1) is 12.2 Å². The highest BCUT2D eigenvalue weighted by atomic mass is 16.5. The van der Waals surface area contributed by atoms with E-state index < -0.39 is 5.60 Å². The molecule has 3 nitrogen and oxygen atoms in total. The molecule has 21 heavy (non-hydrogen) atoms. The first-order valence-electron chi connectivity index (χ1n) is 8.25. The van der Waals surface area contributed by atoms with Gasteiger partial charge in [-0.2, -0.15) is 0 Å². The van der Waals surface area contributed by atoms with E-state index in [0.29, 0.717) is 12.6 Å². The summed E-state index contributed by atoms with van der Waals surface area (Å²) in [6.07, 6.45) is 3.59. The Hall–Kier alpha value is -1.06. The van der Waals surface area contributed by atoms with Crippen molar-refractivity contribution in [3.05, 3.63) is 29.8 Å². The molecule has 1 aromatic rings. The van der Waals surface area contributed by atoms with Crippen LogP contribution in [0.15, 0.2) is 24.3 Å². The normalized spacial score (nSPS) is 24.0. The summed E-state index contributed by atoms with van der Waals surface area (Å²) < 4.78 is 5.85. The average Bonchev–Trinajstić information content (AvgIpc) is 2.68. The summed E-state index contributed by atoms with van der Waals surface area (Å²) in [5, 5.41) is 11.2. The fourth-order valence-corrected chi connectivity index (χ4v) is 3.11. The second-order valence-electron chi connectivity index (χ2n) is 6.36. The third kappa shape index (κ3) is 3.98. The predicted molar refractivity (Wildman–Crippen MR) is 86.7 cm³/mol. The van der Waals surface area contributed by atoms with Gasteiger partial charge < -0.3 is 14.7 Å². The number of benzene rings is 1. The third-order valence-electron chi connectivity index (χ3n) is 4.43. The lowest BCUT2D eigenvalue weighted by molar-refractivity contribution is 0.0176. The Morgan fingerprint density at radius 3 is 2.71 bits per heavy atom. The number of ether oxygens (including phenoxy) is 1. The molecule has 0 aliphatic carbocycles. The SMILES string of the molecule is CCCOc1ccccc1C1(O)CCCN(C(C)C)CC1. The van der Waals surface area contributed by atoms with Gasteiger partial charge in [-0.3, -0.25) is 0 Å². The number of aliphatic hydroxyl groups is 1. The van der Waals surface area contributed by atoms with Crippen molar-refractivity contribution < 1.29 is 9.84 Å². The molecule has 0 radical (unpaired) electrons. The minimum atomic E-state index is -0.756. The van der Waals surface area contributed by atoms with Gasteiger partial charge in [-0.25, -0.2) is 0 Å². The minimum Gasteiger partial charge on any atom is -0.493 e. The summed E-state index contributed by atoms with van der Waals surface area (Å²) in [7, 11) is 0. The molecule has 1 aliphatic rings. The van der Waals surface area contributed by atoms with Gasteiger partial charge in [-0.15, -0.1) is 0 Å². The molecule has 1 aliphatic heterocycles. The standard InChI is InChI=1S/C18H29NO2/c1-4-14-21-17-9-6-5-8-16(17)18(20)10-7-12-19(13-11-18)15(2)3/h5-6,8-9,15,20H,4,7,10-14H2,1-3H3. The highest BCUT2D eigenvalue weighted by molar-refractivity contribution is 5.38. The Kier molecular flexibility index (Phi) is 5.65. The van der Waals surface area contributed by atoms with Crippen LogP contribution in [-0.4, -0.2) is 35.7 Å². The van der Waals surface area contributed by atoms with E-state index in [0.717, 1.165) is 50.1 Å². The topological polar surface area (TPSA) is 32.7 Å². The van der Waals surface area contributed by atoms with Gasteiger partial charge in [0.2, 0.25) is 0 Å². The Morgan fingerprint density at radius 1 is 1.24 bits per heavy atom. The second kappa shape index (κ2) is 7.28. The van der Waals surface area contributed by atoms with E-state index in [1.807, 2.05) is 24.3 Å². The monoisotopic (exact) mass is 291 g/mol. The molecule has 0 amide bonds. The van der Waals surface area contributed by atoms with Gasteiger partial charge in [-0.05, 0) is 52.1 Å². The number of para-hydroxylation sites is 1. The van der Waals surface area contributed by atoms with E-state index in [4.69, 9.17) is 4.74 Å². The number of nitrogens with zero attached hydrogens (tertiary/aromatic N) is 1. The maximum absolute atomic E-state index is 11.2. The van der Waals surface area contributed by atoms with Crippen LogP contribution in [0.1, 0.15) is 52.0 Å². The van der Waals surface area contributed by atoms with Crippen molar-refractivity contribution in [2.45, 2.75) is 58.1 Å². The summed E-state index contributed by atoms with van der Waals surface area (Å²) in [5.74, 6) is 0.847. The van der Waals surface area contributed by atoms with Crippen molar-refractivity contribution >= 4 is 0 Å². The maximum atomic E-state index is 11.2. The molecule has 3 heteroatoms. The Balaban J connectivity index is 2.19. The van der Waals surface area contributed by atoms with E-state index in [2.05, 4.69) is 25.7 Å². The van der Waals surface area contributed by atoms with Crippen molar-refractivity contribution in [3.63, 3.8) is 0 Å². The molecular formula is C18H29NO2. The zero-order chi connectivity index (χ0) is 15.3. The zero-order valence-corrected chi connectivity index (χ0v) is 13.6. The van der Waals surface area contributed by atoms with E-state index in [-0.39, 0.29) is 0 Å². The van der Waals surface area contributed by atoms with Crippen LogP contribution in [0.3, 0.4) is 0 Å². The quantitative estimate of drug-likeness (QED) is 0.900. The maximum Gasteiger partial charge on any atom is 0.125 e. The third-order valence-corrected chi connectivity index (χ3v) is 4.43. The first-order chi connectivity index (χ1) is 10.1. The van der Waals surface area contributed by atoms with Crippen molar-refractivity contribution in [2.75, 3.05) is 19.7 Å².